The Hall–Kier alpha value is -2.02. The minimum atomic E-state index is -1.14. The van der Waals surface area contributed by atoms with Crippen LogP contribution in [-0.2, 0) is 4.79 Å². The highest BCUT2D eigenvalue weighted by molar-refractivity contribution is 6.38. The fourth-order valence-corrected chi connectivity index (χ4v) is 2.75. The maximum atomic E-state index is 11.8. The Kier molecular flexibility index (Phi) is 5.30. The van der Waals surface area contributed by atoms with Crippen molar-refractivity contribution in [1.82, 2.24) is 0 Å². The molecule has 3 N–H and O–H groups in total. The first-order chi connectivity index (χ1) is 10.8. The summed E-state index contributed by atoms with van der Waals surface area (Å²) in [5.74, 6) is -0.788. The number of amides is 1. The number of halogens is 3. The number of carbonyl (C=O) groups is 1. The standard InChI is InChI=1S/C14H10Cl3N3O3/c15-7-1-3-8(4-2-7)19-13(14(18)21)11-9(16)5-6-10(12(11)17)20(22)23/h1-6,13,19H,(H2,18,21). The van der Waals surface area contributed by atoms with Crippen molar-refractivity contribution in [1.29, 1.82) is 0 Å². The number of hydrogen-bond donors (Lipinski definition) is 2. The summed E-state index contributed by atoms with van der Waals surface area (Å²) in [6, 6.07) is 7.78. The Morgan fingerprint density at radius 3 is 2.26 bits per heavy atom. The molecule has 1 amide bonds. The lowest BCUT2D eigenvalue weighted by molar-refractivity contribution is -0.384. The topological polar surface area (TPSA) is 98.3 Å². The van der Waals surface area contributed by atoms with E-state index in [1.165, 1.54) is 6.07 Å². The van der Waals surface area contributed by atoms with Crippen LogP contribution in [0.15, 0.2) is 36.4 Å². The van der Waals surface area contributed by atoms with Crippen LogP contribution >= 0.6 is 34.8 Å². The molecule has 9 heteroatoms. The van der Waals surface area contributed by atoms with Crippen LogP contribution in [0.25, 0.3) is 0 Å². The third-order valence-electron chi connectivity index (χ3n) is 3.03. The number of nitrogens with one attached hydrogen (secondary N) is 1. The van der Waals surface area contributed by atoms with E-state index >= 15 is 0 Å². The van der Waals surface area contributed by atoms with Gasteiger partial charge in [-0.25, -0.2) is 0 Å². The van der Waals surface area contributed by atoms with Crippen LogP contribution in [-0.4, -0.2) is 10.8 Å². The number of carbonyl (C=O) groups excluding carboxylic acids is 1. The monoisotopic (exact) mass is 373 g/mol. The minimum absolute atomic E-state index is 0.0463. The third kappa shape index (κ3) is 3.85. The molecule has 0 bridgehead atoms. The van der Waals surface area contributed by atoms with Gasteiger partial charge in [-0.2, -0.15) is 0 Å². The Labute approximate surface area is 146 Å². The molecule has 0 saturated carbocycles. The molecule has 0 aliphatic heterocycles. The van der Waals surface area contributed by atoms with Gasteiger partial charge in [0.05, 0.1) is 4.92 Å². The normalized spacial score (nSPS) is 11.8. The van der Waals surface area contributed by atoms with Crippen LogP contribution in [0.1, 0.15) is 11.6 Å². The van der Waals surface area contributed by atoms with Crippen molar-refractivity contribution in [2.45, 2.75) is 6.04 Å². The smallest absolute Gasteiger partial charge is 0.288 e. The summed E-state index contributed by atoms with van der Waals surface area (Å²) < 4.78 is 0. The Morgan fingerprint density at radius 2 is 1.74 bits per heavy atom. The largest absolute Gasteiger partial charge is 0.370 e. The lowest BCUT2D eigenvalue weighted by atomic mass is 10.0. The van der Waals surface area contributed by atoms with Crippen LogP contribution in [0.2, 0.25) is 15.1 Å². The van der Waals surface area contributed by atoms with Crippen LogP contribution in [0, 0.1) is 10.1 Å². The van der Waals surface area contributed by atoms with E-state index in [9.17, 15) is 14.9 Å². The third-order valence-corrected chi connectivity index (χ3v) is 4.01. The molecule has 0 fully saturated rings. The predicted octanol–water partition coefficient (Wildman–Crippen LogP) is 4.19. The molecule has 0 aliphatic carbocycles. The molecule has 0 aliphatic rings. The maximum Gasteiger partial charge on any atom is 0.288 e. The van der Waals surface area contributed by atoms with Crippen molar-refractivity contribution < 1.29 is 9.72 Å². The van der Waals surface area contributed by atoms with Crippen molar-refractivity contribution in [3.8, 4) is 0 Å². The zero-order valence-corrected chi connectivity index (χ0v) is 13.7. The number of rotatable bonds is 5. The fourth-order valence-electron chi connectivity index (χ4n) is 1.96. The number of anilines is 1. The zero-order valence-electron chi connectivity index (χ0n) is 11.4. The Bertz CT molecular complexity index is 766. The fraction of sp³-hybridized carbons (Fsp3) is 0.0714. The Morgan fingerprint density at radius 1 is 1.13 bits per heavy atom. The van der Waals surface area contributed by atoms with Crippen LogP contribution in [0.3, 0.4) is 0 Å². The minimum Gasteiger partial charge on any atom is -0.370 e. The van der Waals surface area contributed by atoms with Crippen molar-refractivity contribution in [3.63, 3.8) is 0 Å². The van der Waals surface area contributed by atoms with Gasteiger partial charge in [0, 0.05) is 27.4 Å². The summed E-state index contributed by atoms with van der Waals surface area (Å²) in [6.07, 6.45) is 0. The highest BCUT2D eigenvalue weighted by atomic mass is 35.5. The Balaban J connectivity index is 2.49. The van der Waals surface area contributed by atoms with Gasteiger partial charge < -0.3 is 11.1 Å². The average molecular weight is 375 g/mol. The molecule has 6 nitrogen and oxygen atoms in total. The van der Waals surface area contributed by atoms with E-state index in [0.29, 0.717) is 10.7 Å². The summed E-state index contributed by atoms with van der Waals surface area (Å²) >= 11 is 17.9. The van der Waals surface area contributed by atoms with E-state index < -0.39 is 16.9 Å². The highest BCUT2D eigenvalue weighted by Gasteiger charge is 2.28. The number of nitro groups is 1. The second kappa shape index (κ2) is 7.04. The number of nitrogens with zero attached hydrogens (tertiary/aromatic N) is 1. The van der Waals surface area contributed by atoms with Crippen LogP contribution in [0.5, 0.6) is 0 Å². The molecule has 0 heterocycles. The van der Waals surface area contributed by atoms with Gasteiger partial charge in [-0.3, -0.25) is 14.9 Å². The molecule has 0 spiro atoms. The molecule has 23 heavy (non-hydrogen) atoms. The number of hydrogen-bond acceptors (Lipinski definition) is 4. The van der Waals surface area contributed by atoms with E-state index in [2.05, 4.69) is 5.32 Å². The van der Waals surface area contributed by atoms with Crippen molar-refractivity contribution in [2.75, 3.05) is 5.32 Å². The second-order valence-corrected chi connectivity index (χ2v) is 5.76. The van der Waals surface area contributed by atoms with Crippen LogP contribution < -0.4 is 11.1 Å². The molecule has 1 unspecified atom stereocenters. The van der Waals surface area contributed by atoms with Crippen molar-refractivity contribution in [3.05, 3.63) is 67.1 Å². The molecule has 0 aromatic heterocycles. The molecular formula is C14H10Cl3N3O3. The SMILES string of the molecule is NC(=O)C(Nc1ccc(Cl)cc1)c1c(Cl)ccc([N+](=O)[O-])c1Cl. The predicted molar refractivity (Wildman–Crippen MR) is 90.1 cm³/mol. The van der Waals surface area contributed by atoms with E-state index in [1.54, 1.807) is 24.3 Å². The number of nitro benzene ring substituents is 1. The van der Waals surface area contributed by atoms with Crippen LogP contribution in [0.4, 0.5) is 11.4 Å². The first kappa shape index (κ1) is 17.3. The van der Waals surface area contributed by atoms with E-state index in [-0.39, 0.29) is 21.3 Å². The highest BCUT2D eigenvalue weighted by Crippen LogP contribution is 2.38. The van der Waals surface area contributed by atoms with E-state index in [1.807, 2.05) is 0 Å². The molecule has 2 aromatic carbocycles. The summed E-state index contributed by atoms with van der Waals surface area (Å²) in [4.78, 5) is 22.1. The van der Waals surface area contributed by atoms with Gasteiger partial charge in [0.15, 0.2) is 0 Å². The molecule has 2 rings (SSSR count). The molecule has 0 saturated heterocycles. The van der Waals surface area contributed by atoms with Gasteiger partial charge in [-0.15, -0.1) is 0 Å². The summed E-state index contributed by atoms with van der Waals surface area (Å²) in [7, 11) is 0. The van der Waals surface area contributed by atoms with Gasteiger partial charge in [0.25, 0.3) is 5.69 Å². The molecule has 1 atom stereocenters. The van der Waals surface area contributed by atoms with Crippen molar-refractivity contribution >= 4 is 52.1 Å². The van der Waals surface area contributed by atoms with Gasteiger partial charge in [0.1, 0.15) is 11.1 Å². The van der Waals surface area contributed by atoms with Gasteiger partial charge in [-0.1, -0.05) is 34.8 Å². The number of benzene rings is 2. The lowest BCUT2D eigenvalue weighted by Crippen LogP contribution is -2.28. The number of nitrogens with two attached hydrogens (primary N) is 1. The average Bonchev–Trinajstić information content (AvgIpc) is 2.47. The van der Waals surface area contributed by atoms with Gasteiger partial charge in [-0.05, 0) is 30.3 Å². The second-order valence-electron chi connectivity index (χ2n) is 4.54. The van der Waals surface area contributed by atoms with Crippen molar-refractivity contribution in [2.24, 2.45) is 5.73 Å². The van der Waals surface area contributed by atoms with E-state index in [4.69, 9.17) is 40.5 Å². The maximum absolute atomic E-state index is 11.8. The molecule has 2 aromatic rings. The molecule has 120 valence electrons. The summed E-state index contributed by atoms with van der Waals surface area (Å²) in [5.41, 5.74) is 5.60. The number of primary amides is 1. The molecule has 0 radical (unpaired) electrons. The first-order valence-electron chi connectivity index (χ1n) is 6.25. The summed E-state index contributed by atoms with van der Waals surface area (Å²) in [6.45, 7) is 0. The quantitative estimate of drug-likeness (QED) is 0.605. The lowest BCUT2D eigenvalue weighted by Gasteiger charge is -2.19. The zero-order chi connectivity index (χ0) is 17.1. The van der Waals surface area contributed by atoms with Gasteiger partial charge in [0.2, 0.25) is 5.91 Å². The first-order valence-corrected chi connectivity index (χ1v) is 7.38. The molecular weight excluding hydrogens is 365 g/mol. The van der Waals surface area contributed by atoms with Gasteiger partial charge >= 0.3 is 0 Å². The van der Waals surface area contributed by atoms with E-state index in [0.717, 1.165) is 6.07 Å². The summed E-state index contributed by atoms with van der Waals surface area (Å²) in [5, 5.41) is 14.2.